The zero-order chi connectivity index (χ0) is 20.5. The quantitative estimate of drug-likeness (QED) is 0.507. The Morgan fingerprint density at radius 3 is 2.76 bits per heavy atom. The fraction of sp³-hybridized carbons (Fsp3) is 0.476. The summed E-state index contributed by atoms with van der Waals surface area (Å²) in [4.78, 5) is 8.19. The van der Waals surface area contributed by atoms with E-state index in [1.54, 1.807) is 25.5 Å². The van der Waals surface area contributed by atoms with Crippen LogP contribution in [0.3, 0.4) is 0 Å². The molecule has 0 saturated carbocycles. The van der Waals surface area contributed by atoms with Crippen molar-refractivity contribution < 1.29 is 14.2 Å². The number of guanidine groups is 1. The Morgan fingerprint density at radius 2 is 2.10 bits per heavy atom. The van der Waals surface area contributed by atoms with Gasteiger partial charge < -0.3 is 24.8 Å². The number of aliphatic imine (C=N–C) groups is 1. The van der Waals surface area contributed by atoms with Gasteiger partial charge in [0.1, 0.15) is 0 Å². The number of benzene rings is 1. The van der Waals surface area contributed by atoms with Crippen LogP contribution in [0.1, 0.15) is 17.8 Å². The average Bonchev–Trinajstić information content (AvgIpc) is 3.29. The van der Waals surface area contributed by atoms with Gasteiger partial charge in [0.15, 0.2) is 17.5 Å². The number of rotatable bonds is 8. The first-order valence-corrected chi connectivity index (χ1v) is 10.8. The number of morpholine rings is 1. The highest BCUT2D eigenvalue weighted by atomic mass is 32.1. The molecular formula is C21H30N4O3S. The van der Waals surface area contributed by atoms with E-state index >= 15 is 0 Å². The van der Waals surface area contributed by atoms with Crippen molar-refractivity contribution >= 4 is 23.0 Å². The summed E-state index contributed by atoms with van der Waals surface area (Å²) in [5, 5.41) is 8.94. The summed E-state index contributed by atoms with van der Waals surface area (Å²) in [5.74, 6) is 2.14. The lowest BCUT2D eigenvalue weighted by atomic mass is 10.2. The molecule has 1 aliphatic rings. The fourth-order valence-electron chi connectivity index (χ4n) is 3.31. The molecule has 2 aromatic rings. The largest absolute Gasteiger partial charge is 0.493 e. The van der Waals surface area contributed by atoms with E-state index in [0.29, 0.717) is 18.3 Å². The molecule has 1 aromatic carbocycles. The number of thiophene rings is 1. The Morgan fingerprint density at radius 1 is 1.28 bits per heavy atom. The van der Waals surface area contributed by atoms with Gasteiger partial charge in [0, 0.05) is 43.3 Å². The van der Waals surface area contributed by atoms with Gasteiger partial charge in [-0.2, -0.15) is 0 Å². The highest BCUT2D eigenvalue weighted by Crippen LogP contribution is 2.30. The molecule has 2 heterocycles. The molecule has 0 bridgehead atoms. The topological polar surface area (TPSA) is 67.4 Å². The number of anilines is 1. The zero-order valence-corrected chi connectivity index (χ0v) is 18.1. The molecule has 7 nitrogen and oxygen atoms in total. The van der Waals surface area contributed by atoms with E-state index in [-0.39, 0.29) is 6.04 Å². The minimum atomic E-state index is 0.285. The Balaban J connectivity index is 1.65. The molecule has 1 unspecified atom stereocenters. The van der Waals surface area contributed by atoms with E-state index in [2.05, 4.69) is 38.0 Å². The Kier molecular flexibility index (Phi) is 8.15. The second-order valence-corrected chi connectivity index (χ2v) is 7.54. The van der Waals surface area contributed by atoms with E-state index in [4.69, 9.17) is 14.2 Å². The molecule has 0 spiro atoms. The average molecular weight is 419 g/mol. The lowest BCUT2D eigenvalue weighted by Gasteiger charge is -2.34. The van der Waals surface area contributed by atoms with Gasteiger partial charge in [-0.1, -0.05) is 6.07 Å². The number of nitrogens with one attached hydrogen (secondary N) is 2. The van der Waals surface area contributed by atoms with Crippen molar-refractivity contribution in [2.75, 3.05) is 58.9 Å². The molecule has 0 aliphatic carbocycles. The summed E-state index contributed by atoms with van der Waals surface area (Å²) < 4.78 is 16.6. The van der Waals surface area contributed by atoms with Gasteiger partial charge in [0.05, 0.1) is 33.0 Å². The van der Waals surface area contributed by atoms with Gasteiger partial charge >= 0.3 is 0 Å². The van der Waals surface area contributed by atoms with Gasteiger partial charge in [-0.15, -0.1) is 11.3 Å². The number of hydrogen-bond donors (Lipinski definition) is 2. The summed E-state index contributed by atoms with van der Waals surface area (Å²) in [6, 6.07) is 10.4. The van der Waals surface area contributed by atoms with Crippen LogP contribution in [0.5, 0.6) is 11.5 Å². The van der Waals surface area contributed by atoms with E-state index in [1.807, 2.05) is 25.1 Å². The van der Waals surface area contributed by atoms with E-state index < -0.39 is 0 Å². The lowest BCUT2D eigenvalue weighted by Crippen LogP contribution is -2.44. The molecule has 1 aliphatic heterocycles. The molecule has 1 atom stereocenters. The Labute approximate surface area is 176 Å². The van der Waals surface area contributed by atoms with Crippen molar-refractivity contribution in [3.63, 3.8) is 0 Å². The maximum atomic E-state index is 5.59. The van der Waals surface area contributed by atoms with Crippen molar-refractivity contribution in [2.45, 2.75) is 13.0 Å². The summed E-state index contributed by atoms with van der Waals surface area (Å²) in [5.41, 5.74) is 0.887. The van der Waals surface area contributed by atoms with Crippen LogP contribution in [-0.2, 0) is 4.74 Å². The Hall–Kier alpha value is -2.29. The molecule has 0 radical (unpaired) electrons. The van der Waals surface area contributed by atoms with Gasteiger partial charge in [-0.05, 0) is 30.5 Å². The van der Waals surface area contributed by atoms with Crippen molar-refractivity contribution in [1.82, 2.24) is 10.2 Å². The summed E-state index contributed by atoms with van der Waals surface area (Å²) in [6.07, 6.45) is 0. The monoisotopic (exact) mass is 418 g/mol. The normalized spacial score (nSPS) is 16.3. The molecule has 2 N–H and O–H groups in total. The first-order valence-electron chi connectivity index (χ1n) is 9.88. The van der Waals surface area contributed by atoms with Crippen LogP contribution in [0.4, 0.5) is 5.69 Å². The van der Waals surface area contributed by atoms with Gasteiger partial charge in [-0.25, -0.2) is 0 Å². The third kappa shape index (κ3) is 5.85. The minimum absolute atomic E-state index is 0.285. The third-order valence-corrected chi connectivity index (χ3v) is 5.74. The number of hydrogen-bond acceptors (Lipinski definition) is 6. The second-order valence-electron chi connectivity index (χ2n) is 6.56. The number of methoxy groups -OCH3 is 1. The van der Waals surface area contributed by atoms with Crippen LogP contribution in [0.2, 0.25) is 0 Å². The van der Waals surface area contributed by atoms with Gasteiger partial charge in [-0.3, -0.25) is 9.89 Å². The Bertz CT molecular complexity index is 776. The number of nitrogens with zero attached hydrogens (tertiary/aromatic N) is 2. The van der Waals surface area contributed by atoms with Crippen LogP contribution in [0.25, 0.3) is 0 Å². The lowest BCUT2D eigenvalue weighted by molar-refractivity contribution is 0.0177. The minimum Gasteiger partial charge on any atom is -0.493 e. The molecule has 29 heavy (non-hydrogen) atoms. The van der Waals surface area contributed by atoms with Gasteiger partial charge in [0.2, 0.25) is 0 Å². The summed E-state index contributed by atoms with van der Waals surface area (Å²) >= 11 is 1.79. The SMILES string of the molecule is CCOc1ccc(NC(=NC)NCC(c2cccs2)N2CCOCC2)cc1OC. The summed E-state index contributed by atoms with van der Waals surface area (Å²) in [7, 11) is 3.42. The first-order chi connectivity index (χ1) is 14.2. The van der Waals surface area contributed by atoms with Gasteiger partial charge in [0.25, 0.3) is 0 Å². The summed E-state index contributed by atoms with van der Waals surface area (Å²) in [6.45, 7) is 6.74. The first kappa shape index (κ1) is 21.4. The van der Waals surface area contributed by atoms with Crippen molar-refractivity contribution in [3.8, 4) is 11.5 Å². The predicted octanol–water partition coefficient (Wildman–Crippen LogP) is 3.22. The molecule has 1 aromatic heterocycles. The highest BCUT2D eigenvalue weighted by Gasteiger charge is 2.23. The molecular weight excluding hydrogens is 388 g/mol. The van der Waals surface area contributed by atoms with Crippen LogP contribution >= 0.6 is 11.3 Å². The molecule has 0 amide bonds. The molecule has 3 rings (SSSR count). The van der Waals surface area contributed by atoms with E-state index in [0.717, 1.165) is 44.3 Å². The fourth-order valence-corrected chi connectivity index (χ4v) is 4.17. The van der Waals surface area contributed by atoms with Crippen LogP contribution in [0.15, 0.2) is 40.7 Å². The van der Waals surface area contributed by atoms with Crippen molar-refractivity contribution in [1.29, 1.82) is 0 Å². The molecule has 8 heteroatoms. The maximum Gasteiger partial charge on any atom is 0.195 e. The highest BCUT2D eigenvalue weighted by molar-refractivity contribution is 7.10. The second kappa shape index (κ2) is 11.0. The molecule has 1 fully saturated rings. The third-order valence-electron chi connectivity index (χ3n) is 4.77. The standard InChI is InChI=1S/C21H30N4O3S/c1-4-28-18-8-7-16(14-19(18)26-3)24-21(22-2)23-15-17(20-6-5-13-29-20)25-9-11-27-12-10-25/h5-8,13-14,17H,4,9-12,15H2,1-3H3,(H2,22,23,24). The van der Waals surface area contributed by atoms with Crippen molar-refractivity contribution in [3.05, 3.63) is 40.6 Å². The smallest absolute Gasteiger partial charge is 0.195 e. The van der Waals surface area contributed by atoms with Crippen LogP contribution in [-0.4, -0.2) is 64.5 Å². The van der Waals surface area contributed by atoms with Crippen molar-refractivity contribution in [2.24, 2.45) is 4.99 Å². The van der Waals surface area contributed by atoms with E-state index in [1.165, 1.54) is 4.88 Å². The predicted molar refractivity (Wildman–Crippen MR) is 119 cm³/mol. The number of ether oxygens (including phenoxy) is 3. The van der Waals surface area contributed by atoms with Crippen LogP contribution < -0.4 is 20.1 Å². The molecule has 1 saturated heterocycles. The zero-order valence-electron chi connectivity index (χ0n) is 17.3. The maximum absolute atomic E-state index is 5.59. The molecule has 158 valence electrons. The van der Waals surface area contributed by atoms with E-state index in [9.17, 15) is 0 Å². The van der Waals surface area contributed by atoms with Crippen LogP contribution in [0, 0.1) is 0 Å².